The molecule has 0 aliphatic carbocycles. The molecule has 0 saturated carbocycles. The summed E-state index contributed by atoms with van der Waals surface area (Å²) in [5.74, 6) is -0.326. The van der Waals surface area contributed by atoms with Gasteiger partial charge in [-0.2, -0.15) is 5.10 Å². The Kier molecular flexibility index (Phi) is 4.61. The second-order valence-corrected chi connectivity index (χ2v) is 5.69. The highest BCUT2D eigenvalue weighted by Crippen LogP contribution is 2.35. The predicted octanol–water partition coefficient (Wildman–Crippen LogP) is 4.59. The highest BCUT2D eigenvalue weighted by molar-refractivity contribution is 6.06. The van der Waals surface area contributed by atoms with Gasteiger partial charge in [-0.3, -0.25) is 9.48 Å². The standard InChI is InChI=1S/C19H17F2N3O/c1-12-16(11-24(2)23-12)19(25)22-17-10-6-5-8-14(17)13-7-3-4-9-15(13)18(20)21/h3-11,18H,1-2H3,(H,22,25). The molecular formula is C19H17F2N3O. The number of nitrogens with one attached hydrogen (secondary N) is 1. The number of aromatic nitrogens is 2. The minimum absolute atomic E-state index is 0.0678. The normalized spacial score (nSPS) is 10.9. The number of hydrogen-bond donors (Lipinski definition) is 1. The van der Waals surface area contributed by atoms with E-state index in [9.17, 15) is 13.6 Å². The van der Waals surface area contributed by atoms with Crippen molar-refractivity contribution < 1.29 is 13.6 Å². The Morgan fingerprint density at radius 1 is 1.08 bits per heavy atom. The molecule has 0 spiro atoms. The van der Waals surface area contributed by atoms with Crippen LogP contribution in [0, 0.1) is 6.92 Å². The average Bonchev–Trinajstić information content (AvgIpc) is 2.94. The number of aryl methyl sites for hydroxylation is 2. The maximum absolute atomic E-state index is 13.3. The lowest BCUT2D eigenvalue weighted by Crippen LogP contribution is -2.13. The highest BCUT2D eigenvalue weighted by atomic mass is 19.3. The summed E-state index contributed by atoms with van der Waals surface area (Å²) >= 11 is 0. The Balaban J connectivity index is 2.00. The lowest BCUT2D eigenvalue weighted by Gasteiger charge is -2.14. The zero-order valence-corrected chi connectivity index (χ0v) is 13.8. The zero-order chi connectivity index (χ0) is 18.0. The number of benzene rings is 2. The largest absolute Gasteiger partial charge is 0.321 e. The molecule has 0 bridgehead atoms. The van der Waals surface area contributed by atoms with E-state index in [-0.39, 0.29) is 11.5 Å². The molecule has 6 heteroatoms. The Labute approximate surface area is 144 Å². The second-order valence-electron chi connectivity index (χ2n) is 5.69. The average molecular weight is 341 g/mol. The van der Waals surface area contributed by atoms with Crippen molar-refractivity contribution in [2.24, 2.45) is 7.05 Å². The summed E-state index contributed by atoms with van der Waals surface area (Å²) < 4.78 is 28.2. The van der Waals surface area contributed by atoms with Gasteiger partial charge in [0.1, 0.15) is 0 Å². The smallest absolute Gasteiger partial charge is 0.264 e. The zero-order valence-electron chi connectivity index (χ0n) is 13.8. The number of hydrogen-bond acceptors (Lipinski definition) is 2. The minimum atomic E-state index is -2.60. The Morgan fingerprint density at radius 2 is 1.72 bits per heavy atom. The molecule has 0 aliphatic heterocycles. The summed E-state index contributed by atoms with van der Waals surface area (Å²) in [7, 11) is 1.73. The Hall–Kier alpha value is -3.02. The van der Waals surface area contributed by atoms with Crippen molar-refractivity contribution >= 4 is 11.6 Å². The summed E-state index contributed by atoms with van der Waals surface area (Å²) in [5.41, 5.74) is 2.40. The first-order chi connectivity index (χ1) is 12.0. The van der Waals surface area contributed by atoms with Gasteiger partial charge in [0.25, 0.3) is 12.3 Å². The van der Waals surface area contributed by atoms with Gasteiger partial charge in [-0.15, -0.1) is 0 Å². The fraction of sp³-hybridized carbons (Fsp3) is 0.158. The molecule has 1 N–H and O–H groups in total. The molecular weight excluding hydrogens is 324 g/mol. The van der Waals surface area contributed by atoms with E-state index in [1.807, 2.05) is 0 Å². The van der Waals surface area contributed by atoms with E-state index in [1.54, 1.807) is 67.3 Å². The molecule has 3 rings (SSSR count). The van der Waals surface area contributed by atoms with Crippen molar-refractivity contribution in [2.45, 2.75) is 13.3 Å². The van der Waals surface area contributed by atoms with Crippen LogP contribution in [-0.2, 0) is 7.05 Å². The van der Waals surface area contributed by atoms with Gasteiger partial charge in [-0.05, 0) is 18.6 Å². The Bertz CT molecular complexity index is 919. The van der Waals surface area contributed by atoms with Crippen molar-refractivity contribution in [3.8, 4) is 11.1 Å². The first-order valence-electron chi connectivity index (χ1n) is 7.75. The van der Waals surface area contributed by atoms with Crippen molar-refractivity contribution in [2.75, 3.05) is 5.32 Å². The highest BCUT2D eigenvalue weighted by Gasteiger charge is 2.18. The van der Waals surface area contributed by atoms with Crippen LogP contribution in [0.15, 0.2) is 54.7 Å². The van der Waals surface area contributed by atoms with E-state index in [4.69, 9.17) is 0 Å². The maximum atomic E-state index is 13.3. The van der Waals surface area contributed by atoms with Crippen molar-refractivity contribution in [1.82, 2.24) is 9.78 Å². The monoisotopic (exact) mass is 341 g/mol. The molecule has 3 aromatic rings. The molecule has 0 radical (unpaired) electrons. The van der Waals surface area contributed by atoms with E-state index in [1.165, 1.54) is 6.07 Å². The van der Waals surface area contributed by atoms with Gasteiger partial charge in [0.05, 0.1) is 11.3 Å². The maximum Gasteiger partial charge on any atom is 0.264 e. The predicted molar refractivity (Wildman–Crippen MR) is 92.7 cm³/mol. The molecule has 2 aromatic carbocycles. The molecule has 128 valence electrons. The number of alkyl halides is 2. The third-order valence-corrected chi connectivity index (χ3v) is 3.92. The van der Waals surface area contributed by atoms with Crippen LogP contribution in [-0.4, -0.2) is 15.7 Å². The van der Waals surface area contributed by atoms with Crippen molar-refractivity contribution in [1.29, 1.82) is 0 Å². The first-order valence-corrected chi connectivity index (χ1v) is 7.75. The topological polar surface area (TPSA) is 46.9 Å². The molecule has 1 amide bonds. The summed E-state index contributed by atoms with van der Waals surface area (Å²) in [6, 6.07) is 13.2. The fourth-order valence-corrected chi connectivity index (χ4v) is 2.77. The minimum Gasteiger partial charge on any atom is -0.321 e. The second kappa shape index (κ2) is 6.84. The number of anilines is 1. The third-order valence-electron chi connectivity index (χ3n) is 3.92. The van der Waals surface area contributed by atoms with Gasteiger partial charge >= 0.3 is 0 Å². The molecule has 0 saturated heterocycles. The van der Waals surface area contributed by atoms with E-state index in [0.717, 1.165) is 0 Å². The molecule has 1 aromatic heterocycles. The van der Waals surface area contributed by atoms with Crippen LogP contribution in [0.2, 0.25) is 0 Å². The Morgan fingerprint density at radius 3 is 2.36 bits per heavy atom. The summed E-state index contributed by atoms with van der Waals surface area (Å²) in [5, 5.41) is 6.96. The van der Waals surface area contributed by atoms with Gasteiger partial charge < -0.3 is 5.32 Å². The number of para-hydroxylation sites is 1. The van der Waals surface area contributed by atoms with Crippen molar-refractivity contribution in [3.05, 3.63) is 71.5 Å². The summed E-state index contributed by atoms with van der Waals surface area (Å²) in [6.07, 6.45) is -0.971. The summed E-state index contributed by atoms with van der Waals surface area (Å²) in [4.78, 5) is 12.5. The number of carbonyl (C=O) groups is 1. The lowest BCUT2D eigenvalue weighted by molar-refractivity contribution is 0.102. The molecule has 25 heavy (non-hydrogen) atoms. The van der Waals surface area contributed by atoms with Gasteiger partial charge in [-0.25, -0.2) is 8.78 Å². The van der Waals surface area contributed by atoms with Crippen LogP contribution in [0.3, 0.4) is 0 Å². The van der Waals surface area contributed by atoms with E-state index in [2.05, 4.69) is 10.4 Å². The molecule has 0 aliphatic rings. The van der Waals surface area contributed by atoms with Crippen LogP contribution in [0.25, 0.3) is 11.1 Å². The van der Waals surface area contributed by atoms with Gasteiger partial charge in [-0.1, -0.05) is 42.5 Å². The molecule has 0 unspecified atom stereocenters. The van der Waals surface area contributed by atoms with E-state index < -0.39 is 6.43 Å². The number of rotatable bonds is 4. The molecule has 0 fully saturated rings. The van der Waals surface area contributed by atoms with Crippen LogP contribution >= 0.6 is 0 Å². The summed E-state index contributed by atoms with van der Waals surface area (Å²) in [6.45, 7) is 1.74. The van der Waals surface area contributed by atoms with Crippen molar-refractivity contribution in [3.63, 3.8) is 0 Å². The molecule has 1 heterocycles. The molecule has 0 atom stereocenters. The van der Waals surface area contributed by atoms with E-state index >= 15 is 0 Å². The SMILES string of the molecule is Cc1nn(C)cc1C(=O)Nc1ccccc1-c1ccccc1C(F)F. The number of amides is 1. The van der Waals surface area contributed by atoms with Crippen LogP contribution in [0.4, 0.5) is 14.5 Å². The fourth-order valence-electron chi connectivity index (χ4n) is 2.77. The number of halogens is 2. The lowest BCUT2D eigenvalue weighted by atomic mass is 9.98. The molecule has 4 nitrogen and oxygen atoms in total. The third kappa shape index (κ3) is 3.42. The van der Waals surface area contributed by atoms with Crippen LogP contribution in [0.5, 0.6) is 0 Å². The van der Waals surface area contributed by atoms with E-state index in [0.29, 0.717) is 28.1 Å². The van der Waals surface area contributed by atoms with Gasteiger partial charge in [0.15, 0.2) is 0 Å². The van der Waals surface area contributed by atoms with Gasteiger partial charge in [0.2, 0.25) is 0 Å². The first kappa shape index (κ1) is 16.8. The van der Waals surface area contributed by atoms with Crippen LogP contribution < -0.4 is 5.32 Å². The quantitative estimate of drug-likeness (QED) is 0.755. The number of carbonyl (C=O) groups excluding carboxylic acids is 1. The van der Waals surface area contributed by atoms with Gasteiger partial charge in [0, 0.05) is 30.1 Å². The number of nitrogens with zero attached hydrogens (tertiary/aromatic N) is 2. The van der Waals surface area contributed by atoms with Crippen LogP contribution in [0.1, 0.15) is 28.0 Å².